The summed E-state index contributed by atoms with van der Waals surface area (Å²) in [7, 11) is 0. The predicted octanol–water partition coefficient (Wildman–Crippen LogP) is 2.50. The maximum Gasteiger partial charge on any atom is 0.242 e. The Labute approximate surface area is 136 Å². The summed E-state index contributed by atoms with van der Waals surface area (Å²) >= 11 is 5.91. The molecular formula is C16H23ClN4O. The molecule has 2 fully saturated rings. The van der Waals surface area contributed by atoms with Crippen molar-refractivity contribution in [2.75, 3.05) is 13.1 Å². The van der Waals surface area contributed by atoms with Crippen LogP contribution in [0.1, 0.15) is 56.6 Å². The smallest absolute Gasteiger partial charge is 0.242 e. The van der Waals surface area contributed by atoms with Gasteiger partial charge < -0.3 is 10.6 Å². The summed E-state index contributed by atoms with van der Waals surface area (Å²) in [5, 5.41) is 0.430. The van der Waals surface area contributed by atoms with Gasteiger partial charge in [-0.15, -0.1) is 0 Å². The highest BCUT2D eigenvalue weighted by atomic mass is 35.5. The van der Waals surface area contributed by atoms with E-state index in [-0.39, 0.29) is 5.91 Å². The van der Waals surface area contributed by atoms with Crippen molar-refractivity contribution in [1.29, 1.82) is 0 Å². The molecular weight excluding hydrogens is 300 g/mol. The van der Waals surface area contributed by atoms with E-state index < -0.39 is 5.54 Å². The monoisotopic (exact) mass is 322 g/mol. The Kier molecular flexibility index (Phi) is 4.64. The molecule has 1 saturated heterocycles. The van der Waals surface area contributed by atoms with Crippen molar-refractivity contribution in [2.24, 2.45) is 5.73 Å². The van der Waals surface area contributed by atoms with Crippen LogP contribution in [0.5, 0.6) is 0 Å². The number of piperidine rings is 1. The van der Waals surface area contributed by atoms with Crippen molar-refractivity contribution < 1.29 is 4.79 Å². The van der Waals surface area contributed by atoms with Gasteiger partial charge in [-0.05, 0) is 25.7 Å². The minimum Gasteiger partial charge on any atom is -0.341 e. The second-order valence-corrected chi connectivity index (χ2v) is 6.94. The van der Waals surface area contributed by atoms with Crippen LogP contribution in [-0.4, -0.2) is 39.4 Å². The molecule has 5 nitrogen and oxygen atoms in total. The molecule has 2 N–H and O–H groups in total. The molecule has 2 aliphatic rings. The number of likely N-dealkylation sites (tertiary alicyclic amines) is 1. The quantitative estimate of drug-likeness (QED) is 0.908. The van der Waals surface area contributed by atoms with Crippen LogP contribution < -0.4 is 5.73 Å². The predicted molar refractivity (Wildman–Crippen MR) is 85.6 cm³/mol. The molecule has 0 spiro atoms. The molecule has 1 aromatic rings. The van der Waals surface area contributed by atoms with E-state index in [1.807, 2.05) is 4.90 Å². The standard InChI is InChI=1S/C16H23ClN4O/c17-14-11-19-10-13(20-14)12-4-8-21(9-5-12)15(22)16(18)6-2-1-3-7-16/h10-12H,1-9,18H2. The summed E-state index contributed by atoms with van der Waals surface area (Å²) in [5.74, 6) is 0.471. The zero-order valence-electron chi connectivity index (χ0n) is 12.8. The summed E-state index contributed by atoms with van der Waals surface area (Å²) in [6.45, 7) is 1.49. The van der Waals surface area contributed by atoms with Crippen LogP contribution in [0.15, 0.2) is 12.4 Å². The first-order valence-corrected chi connectivity index (χ1v) is 8.52. The van der Waals surface area contributed by atoms with Crippen molar-refractivity contribution in [3.05, 3.63) is 23.2 Å². The maximum absolute atomic E-state index is 12.7. The molecule has 3 rings (SSSR count). The van der Waals surface area contributed by atoms with Gasteiger partial charge in [-0.3, -0.25) is 9.78 Å². The lowest BCUT2D eigenvalue weighted by atomic mass is 9.81. The van der Waals surface area contributed by atoms with Gasteiger partial charge in [0, 0.05) is 25.2 Å². The highest BCUT2D eigenvalue weighted by molar-refractivity contribution is 6.29. The van der Waals surface area contributed by atoms with Crippen LogP contribution in [0.4, 0.5) is 0 Å². The number of rotatable bonds is 2. The number of nitrogens with two attached hydrogens (primary N) is 1. The minimum absolute atomic E-state index is 0.142. The summed E-state index contributed by atoms with van der Waals surface area (Å²) in [5.41, 5.74) is 6.67. The van der Waals surface area contributed by atoms with Crippen molar-refractivity contribution in [2.45, 2.75) is 56.4 Å². The van der Waals surface area contributed by atoms with Gasteiger partial charge in [0.05, 0.1) is 17.4 Å². The number of halogens is 1. The van der Waals surface area contributed by atoms with Gasteiger partial charge in [-0.1, -0.05) is 30.9 Å². The highest BCUT2D eigenvalue weighted by Crippen LogP contribution is 2.31. The van der Waals surface area contributed by atoms with E-state index in [2.05, 4.69) is 9.97 Å². The third kappa shape index (κ3) is 3.25. The van der Waals surface area contributed by atoms with Crippen molar-refractivity contribution in [1.82, 2.24) is 14.9 Å². The Morgan fingerprint density at radius 2 is 1.91 bits per heavy atom. The number of carbonyl (C=O) groups is 1. The number of hydrogen-bond acceptors (Lipinski definition) is 4. The van der Waals surface area contributed by atoms with Crippen molar-refractivity contribution in [3.8, 4) is 0 Å². The topological polar surface area (TPSA) is 72.1 Å². The molecule has 1 aliphatic heterocycles. The third-order valence-corrected chi connectivity index (χ3v) is 5.18. The normalized spacial score (nSPS) is 22.5. The number of carbonyl (C=O) groups excluding carboxylic acids is 1. The van der Waals surface area contributed by atoms with E-state index in [9.17, 15) is 4.79 Å². The summed E-state index contributed by atoms with van der Waals surface area (Å²) in [6, 6.07) is 0. The molecule has 120 valence electrons. The van der Waals surface area contributed by atoms with E-state index in [0.717, 1.165) is 57.3 Å². The largest absolute Gasteiger partial charge is 0.341 e. The molecule has 0 bridgehead atoms. The maximum atomic E-state index is 12.7. The summed E-state index contributed by atoms with van der Waals surface area (Å²) < 4.78 is 0. The number of aromatic nitrogens is 2. The fraction of sp³-hybridized carbons (Fsp3) is 0.688. The molecule has 22 heavy (non-hydrogen) atoms. The Bertz CT molecular complexity index is 537. The lowest BCUT2D eigenvalue weighted by Crippen LogP contribution is -2.57. The van der Waals surface area contributed by atoms with Crippen LogP contribution in [0.3, 0.4) is 0 Å². The lowest BCUT2D eigenvalue weighted by Gasteiger charge is -2.39. The van der Waals surface area contributed by atoms with E-state index in [0.29, 0.717) is 11.1 Å². The van der Waals surface area contributed by atoms with Crippen LogP contribution in [0, 0.1) is 0 Å². The molecule has 1 aliphatic carbocycles. The molecule has 1 amide bonds. The molecule has 6 heteroatoms. The molecule has 0 radical (unpaired) electrons. The Balaban J connectivity index is 1.60. The zero-order chi connectivity index (χ0) is 15.6. The average Bonchev–Trinajstić information content (AvgIpc) is 2.55. The minimum atomic E-state index is -0.624. The van der Waals surface area contributed by atoms with E-state index in [4.69, 9.17) is 17.3 Å². The van der Waals surface area contributed by atoms with E-state index in [1.54, 1.807) is 12.4 Å². The first-order valence-electron chi connectivity index (χ1n) is 8.14. The molecule has 0 unspecified atom stereocenters. The zero-order valence-corrected chi connectivity index (χ0v) is 13.6. The number of hydrogen-bond donors (Lipinski definition) is 1. The Morgan fingerprint density at radius 3 is 2.55 bits per heavy atom. The third-order valence-electron chi connectivity index (χ3n) is 5.00. The van der Waals surface area contributed by atoms with Gasteiger partial charge in [-0.2, -0.15) is 0 Å². The molecule has 1 saturated carbocycles. The molecule has 1 aromatic heterocycles. The fourth-order valence-electron chi connectivity index (χ4n) is 3.64. The van der Waals surface area contributed by atoms with Gasteiger partial charge in [0.25, 0.3) is 0 Å². The van der Waals surface area contributed by atoms with Gasteiger partial charge in [0.1, 0.15) is 5.15 Å². The van der Waals surface area contributed by atoms with E-state index in [1.165, 1.54) is 6.42 Å². The highest BCUT2D eigenvalue weighted by Gasteiger charge is 2.39. The number of amides is 1. The van der Waals surface area contributed by atoms with Crippen LogP contribution in [0.2, 0.25) is 5.15 Å². The Hall–Kier alpha value is -1.20. The van der Waals surface area contributed by atoms with Gasteiger partial charge in [0.2, 0.25) is 5.91 Å². The molecule has 0 atom stereocenters. The number of nitrogens with zero attached hydrogens (tertiary/aromatic N) is 3. The van der Waals surface area contributed by atoms with Crippen molar-refractivity contribution >= 4 is 17.5 Å². The van der Waals surface area contributed by atoms with Gasteiger partial charge >= 0.3 is 0 Å². The van der Waals surface area contributed by atoms with Gasteiger partial charge in [0.15, 0.2) is 0 Å². The average molecular weight is 323 g/mol. The SMILES string of the molecule is NC1(C(=O)N2CCC(c3cncc(Cl)n3)CC2)CCCCC1. The second-order valence-electron chi connectivity index (χ2n) is 6.55. The first-order chi connectivity index (χ1) is 10.6. The first kappa shape index (κ1) is 15.7. The second kappa shape index (κ2) is 6.50. The van der Waals surface area contributed by atoms with Crippen LogP contribution >= 0.6 is 11.6 Å². The van der Waals surface area contributed by atoms with Crippen LogP contribution in [-0.2, 0) is 4.79 Å². The molecule has 0 aromatic carbocycles. The Morgan fingerprint density at radius 1 is 1.23 bits per heavy atom. The van der Waals surface area contributed by atoms with Gasteiger partial charge in [-0.25, -0.2) is 4.98 Å². The fourth-order valence-corrected chi connectivity index (χ4v) is 3.80. The van der Waals surface area contributed by atoms with Crippen LogP contribution in [0.25, 0.3) is 0 Å². The lowest BCUT2D eigenvalue weighted by molar-refractivity contribution is -0.139. The summed E-state index contributed by atoms with van der Waals surface area (Å²) in [4.78, 5) is 23.1. The summed E-state index contributed by atoms with van der Waals surface area (Å²) in [6.07, 6.45) is 10.1. The molecule has 2 heterocycles. The van der Waals surface area contributed by atoms with E-state index >= 15 is 0 Å². The van der Waals surface area contributed by atoms with Crippen molar-refractivity contribution in [3.63, 3.8) is 0 Å².